The molecule has 1 unspecified atom stereocenters. The fraction of sp³-hybridized carbons (Fsp3) is 0.625. The van der Waals surface area contributed by atoms with Gasteiger partial charge in [-0.3, -0.25) is 0 Å². The Kier molecular flexibility index (Phi) is 4.04. The van der Waals surface area contributed by atoms with E-state index in [9.17, 15) is 0 Å². The van der Waals surface area contributed by atoms with Crippen molar-refractivity contribution in [1.29, 1.82) is 0 Å². The monoisotopic (exact) mass is 260 g/mol. The predicted molar refractivity (Wildman–Crippen MR) is 77.9 cm³/mol. The lowest BCUT2D eigenvalue weighted by Gasteiger charge is -2.27. The Morgan fingerprint density at radius 2 is 2.16 bits per heavy atom. The first-order chi connectivity index (χ1) is 9.31. The van der Waals surface area contributed by atoms with E-state index in [1.807, 2.05) is 0 Å². The minimum Gasteiger partial charge on any atom is -0.490 e. The van der Waals surface area contributed by atoms with Crippen LogP contribution in [0.3, 0.4) is 0 Å². The van der Waals surface area contributed by atoms with Gasteiger partial charge in [0.25, 0.3) is 0 Å². The van der Waals surface area contributed by atoms with E-state index >= 15 is 0 Å². The zero-order chi connectivity index (χ0) is 13.1. The number of nitrogens with one attached hydrogen (secondary N) is 1. The van der Waals surface area contributed by atoms with Gasteiger partial charge in [-0.05, 0) is 43.4 Å². The predicted octanol–water partition coefficient (Wildman–Crippen LogP) is 1.85. The molecule has 3 nitrogen and oxygen atoms in total. The maximum atomic E-state index is 5.94. The molecule has 3 rings (SSSR count). The first kappa shape index (κ1) is 12.9. The molecule has 1 fully saturated rings. The Hall–Kier alpha value is -1.06. The third-order valence-corrected chi connectivity index (χ3v) is 4.21. The van der Waals surface area contributed by atoms with Gasteiger partial charge in [0.2, 0.25) is 0 Å². The van der Waals surface area contributed by atoms with Crippen molar-refractivity contribution in [2.75, 3.05) is 32.7 Å². The van der Waals surface area contributed by atoms with Gasteiger partial charge in [-0.2, -0.15) is 0 Å². The van der Waals surface area contributed by atoms with Crippen molar-refractivity contribution in [3.05, 3.63) is 29.3 Å². The Bertz CT molecular complexity index is 427. The van der Waals surface area contributed by atoms with Crippen molar-refractivity contribution in [3.63, 3.8) is 0 Å². The van der Waals surface area contributed by atoms with Crippen molar-refractivity contribution in [3.8, 4) is 5.75 Å². The first-order valence-corrected chi connectivity index (χ1v) is 7.53. The topological polar surface area (TPSA) is 24.5 Å². The summed E-state index contributed by atoms with van der Waals surface area (Å²) < 4.78 is 5.94. The summed E-state index contributed by atoms with van der Waals surface area (Å²) in [4.78, 5) is 2.54. The molecule has 19 heavy (non-hydrogen) atoms. The summed E-state index contributed by atoms with van der Waals surface area (Å²) in [6, 6.07) is 6.79. The number of aryl methyl sites for hydroxylation is 1. The van der Waals surface area contributed by atoms with Gasteiger partial charge in [0.1, 0.15) is 5.75 Å². The van der Waals surface area contributed by atoms with Crippen molar-refractivity contribution in [2.45, 2.75) is 32.3 Å². The number of fused-ring (bicyclic) bond motifs is 1. The lowest BCUT2D eigenvalue weighted by molar-refractivity contribution is 0.192. The number of ether oxygens (including phenoxy) is 1. The second-order valence-electron chi connectivity index (χ2n) is 5.75. The quantitative estimate of drug-likeness (QED) is 0.897. The van der Waals surface area contributed by atoms with Gasteiger partial charge >= 0.3 is 0 Å². The summed E-state index contributed by atoms with van der Waals surface area (Å²) in [6.07, 6.45) is 3.81. The molecular weight excluding hydrogens is 236 g/mol. The highest BCUT2D eigenvalue weighted by Gasteiger charge is 2.16. The average Bonchev–Trinajstić information content (AvgIpc) is 2.46. The first-order valence-electron chi connectivity index (χ1n) is 7.53. The highest BCUT2D eigenvalue weighted by Crippen LogP contribution is 2.28. The fourth-order valence-electron chi connectivity index (χ4n) is 2.93. The van der Waals surface area contributed by atoms with E-state index in [0.29, 0.717) is 6.10 Å². The summed E-state index contributed by atoms with van der Waals surface area (Å²) >= 11 is 0. The molecule has 1 aromatic carbocycles. The highest BCUT2D eigenvalue weighted by atomic mass is 16.5. The second kappa shape index (κ2) is 5.93. The van der Waals surface area contributed by atoms with Crippen LogP contribution in [0.4, 0.5) is 0 Å². The molecule has 0 radical (unpaired) electrons. The molecule has 1 aromatic rings. The molecule has 0 spiro atoms. The average molecular weight is 260 g/mol. The zero-order valence-electron chi connectivity index (χ0n) is 11.8. The molecular formula is C16H24N2O. The molecule has 0 aliphatic carbocycles. The third-order valence-electron chi connectivity index (χ3n) is 4.21. The molecule has 104 valence electrons. The van der Waals surface area contributed by atoms with Crippen LogP contribution >= 0.6 is 0 Å². The molecule has 0 bridgehead atoms. The summed E-state index contributed by atoms with van der Waals surface area (Å²) in [5.41, 5.74) is 2.79. The molecule has 1 saturated heterocycles. The van der Waals surface area contributed by atoms with Crippen LogP contribution in [0.5, 0.6) is 5.75 Å². The van der Waals surface area contributed by atoms with Gasteiger partial charge in [0.05, 0.1) is 6.10 Å². The summed E-state index contributed by atoms with van der Waals surface area (Å²) in [5.74, 6) is 1.12. The van der Waals surface area contributed by atoms with Crippen molar-refractivity contribution in [1.82, 2.24) is 10.2 Å². The van der Waals surface area contributed by atoms with Gasteiger partial charge < -0.3 is 15.0 Å². The van der Waals surface area contributed by atoms with E-state index in [1.165, 1.54) is 24.2 Å². The number of hydrogen-bond donors (Lipinski definition) is 1. The largest absolute Gasteiger partial charge is 0.490 e. The standard InChI is InChI=1S/C16H24N2O/c1-13-2-4-15-5-3-14(12-16(15)19-13)6-9-18-10-7-17-8-11-18/h3,5,12-13,17H,2,4,6-11H2,1H3. The minimum absolute atomic E-state index is 0.371. The molecule has 0 amide bonds. The van der Waals surface area contributed by atoms with Crippen LogP contribution in [0.1, 0.15) is 24.5 Å². The summed E-state index contributed by atoms with van der Waals surface area (Å²) in [5, 5.41) is 3.40. The number of benzene rings is 1. The Morgan fingerprint density at radius 3 is 3.00 bits per heavy atom. The van der Waals surface area contributed by atoms with Gasteiger partial charge in [-0.25, -0.2) is 0 Å². The minimum atomic E-state index is 0.371. The van der Waals surface area contributed by atoms with Crippen molar-refractivity contribution >= 4 is 0 Å². The van der Waals surface area contributed by atoms with E-state index in [2.05, 4.69) is 35.3 Å². The number of nitrogens with zero attached hydrogens (tertiary/aromatic N) is 1. The van der Waals surface area contributed by atoms with Crippen LogP contribution in [0, 0.1) is 0 Å². The Balaban J connectivity index is 1.60. The van der Waals surface area contributed by atoms with E-state index in [-0.39, 0.29) is 0 Å². The number of piperazine rings is 1. The van der Waals surface area contributed by atoms with Gasteiger partial charge in [0, 0.05) is 32.7 Å². The molecule has 2 aliphatic heterocycles. The lowest BCUT2D eigenvalue weighted by atomic mass is 10.00. The van der Waals surface area contributed by atoms with Crippen LogP contribution in [0.2, 0.25) is 0 Å². The second-order valence-corrected chi connectivity index (χ2v) is 5.75. The zero-order valence-corrected chi connectivity index (χ0v) is 11.8. The fourth-order valence-corrected chi connectivity index (χ4v) is 2.93. The molecule has 3 heteroatoms. The molecule has 0 aromatic heterocycles. The van der Waals surface area contributed by atoms with Crippen LogP contribution in [0.15, 0.2) is 18.2 Å². The number of rotatable bonds is 3. The molecule has 0 saturated carbocycles. The smallest absolute Gasteiger partial charge is 0.123 e. The van der Waals surface area contributed by atoms with Crippen LogP contribution in [0.25, 0.3) is 0 Å². The summed E-state index contributed by atoms with van der Waals surface area (Å²) in [7, 11) is 0. The maximum Gasteiger partial charge on any atom is 0.123 e. The van der Waals surface area contributed by atoms with Crippen molar-refractivity contribution in [2.24, 2.45) is 0 Å². The maximum absolute atomic E-state index is 5.94. The Morgan fingerprint density at radius 1 is 1.32 bits per heavy atom. The molecule has 2 aliphatic rings. The van der Waals surface area contributed by atoms with E-state index in [1.54, 1.807) is 0 Å². The van der Waals surface area contributed by atoms with Crippen LogP contribution in [-0.4, -0.2) is 43.7 Å². The van der Waals surface area contributed by atoms with E-state index in [4.69, 9.17) is 4.74 Å². The Labute approximate surface area is 115 Å². The lowest BCUT2D eigenvalue weighted by Crippen LogP contribution is -2.44. The van der Waals surface area contributed by atoms with E-state index < -0.39 is 0 Å². The van der Waals surface area contributed by atoms with Gasteiger partial charge in [-0.1, -0.05) is 12.1 Å². The number of hydrogen-bond acceptors (Lipinski definition) is 3. The van der Waals surface area contributed by atoms with Gasteiger partial charge in [0.15, 0.2) is 0 Å². The molecule has 2 heterocycles. The van der Waals surface area contributed by atoms with Crippen molar-refractivity contribution < 1.29 is 4.74 Å². The van der Waals surface area contributed by atoms with Crippen LogP contribution in [-0.2, 0) is 12.8 Å². The normalized spacial score (nSPS) is 23.7. The molecule has 1 atom stereocenters. The van der Waals surface area contributed by atoms with Crippen LogP contribution < -0.4 is 10.1 Å². The summed E-state index contributed by atoms with van der Waals surface area (Å²) in [6.45, 7) is 7.94. The van der Waals surface area contributed by atoms with Gasteiger partial charge in [-0.15, -0.1) is 0 Å². The highest BCUT2D eigenvalue weighted by molar-refractivity contribution is 5.39. The SMILES string of the molecule is CC1CCc2ccc(CCN3CCNCC3)cc2O1. The third kappa shape index (κ3) is 3.28. The van der Waals surface area contributed by atoms with E-state index in [0.717, 1.165) is 44.6 Å². The molecule has 1 N–H and O–H groups in total.